The molecule has 0 bridgehead atoms. The molecule has 2 heterocycles. The molecule has 1 saturated heterocycles. The third kappa shape index (κ3) is 3.43. The summed E-state index contributed by atoms with van der Waals surface area (Å²) in [5.41, 5.74) is 16.8. The van der Waals surface area contributed by atoms with Crippen molar-refractivity contribution in [3.63, 3.8) is 0 Å². The number of piperidine rings is 1. The summed E-state index contributed by atoms with van der Waals surface area (Å²) in [7, 11) is 0. The van der Waals surface area contributed by atoms with Crippen LogP contribution < -0.4 is 16.9 Å². The molecule has 2 aliphatic rings. The van der Waals surface area contributed by atoms with E-state index in [1.54, 1.807) is 0 Å². The third-order valence-corrected chi connectivity index (χ3v) is 3.86. The molecule has 5 N–H and O–H groups in total. The molecule has 0 radical (unpaired) electrons. The number of benzene rings is 1. The van der Waals surface area contributed by atoms with Gasteiger partial charge < -0.3 is 11.5 Å². The molecule has 1 fully saturated rings. The van der Waals surface area contributed by atoms with Gasteiger partial charge in [-0.25, -0.2) is 0 Å². The summed E-state index contributed by atoms with van der Waals surface area (Å²) in [6, 6.07) is 8.22. The van der Waals surface area contributed by atoms with Crippen molar-refractivity contribution in [2.75, 3.05) is 18.5 Å². The van der Waals surface area contributed by atoms with Crippen molar-refractivity contribution in [1.29, 1.82) is 0 Å². The maximum Gasteiger partial charge on any atom is 0.177 e. The minimum atomic E-state index is 0.228. The van der Waals surface area contributed by atoms with Gasteiger partial charge in [-0.05, 0) is 43.6 Å². The molecule has 2 aliphatic heterocycles. The summed E-state index contributed by atoms with van der Waals surface area (Å²) in [6.45, 7) is 3.41. The highest BCUT2D eigenvalue weighted by Gasteiger charge is 2.16. The van der Waals surface area contributed by atoms with Gasteiger partial charge in [-0.1, -0.05) is 18.6 Å². The summed E-state index contributed by atoms with van der Waals surface area (Å²) in [5.74, 6) is 0.457. The molecule has 7 heteroatoms. The third-order valence-electron chi connectivity index (χ3n) is 3.86. The van der Waals surface area contributed by atoms with Crippen LogP contribution in [0.1, 0.15) is 24.8 Å². The first-order valence-corrected chi connectivity index (χ1v) is 7.55. The molecule has 0 aromatic heterocycles. The van der Waals surface area contributed by atoms with Crippen LogP contribution in [0.25, 0.3) is 0 Å². The van der Waals surface area contributed by atoms with Gasteiger partial charge in [-0.3, -0.25) is 10.3 Å². The number of amidine groups is 2. The fourth-order valence-corrected chi connectivity index (χ4v) is 2.63. The monoisotopic (exact) mass is 299 g/mol. The molecule has 0 aliphatic carbocycles. The molecule has 1 aromatic rings. The lowest BCUT2D eigenvalue weighted by atomic mass is 10.1. The normalized spacial score (nSPS) is 18.8. The summed E-state index contributed by atoms with van der Waals surface area (Å²) in [4.78, 5) is 2.50. The van der Waals surface area contributed by atoms with Gasteiger partial charge in [0, 0.05) is 6.54 Å². The molecule has 0 amide bonds. The Morgan fingerprint density at radius 3 is 2.27 bits per heavy atom. The quantitative estimate of drug-likeness (QED) is 0.724. The molecule has 0 unspecified atom stereocenters. The topological polar surface area (TPSA) is 104 Å². The summed E-state index contributed by atoms with van der Waals surface area (Å²) >= 11 is 0. The Labute approximate surface area is 129 Å². The molecule has 0 atom stereocenters. The Balaban J connectivity index is 1.58. The smallest absolute Gasteiger partial charge is 0.177 e. The molecule has 1 aromatic carbocycles. The van der Waals surface area contributed by atoms with Gasteiger partial charge in [0.05, 0.1) is 5.69 Å². The molecular formula is C15H21N7. The van der Waals surface area contributed by atoms with Gasteiger partial charge in [-0.15, -0.1) is 10.2 Å². The highest BCUT2D eigenvalue weighted by molar-refractivity contribution is 6.68. The lowest BCUT2D eigenvalue weighted by Gasteiger charge is -2.26. The van der Waals surface area contributed by atoms with Crippen LogP contribution in [0.4, 0.5) is 5.69 Å². The lowest BCUT2D eigenvalue weighted by Crippen LogP contribution is -2.32. The second-order valence-corrected chi connectivity index (χ2v) is 5.58. The van der Waals surface area contributed by atoms with Crippen molar-refractivity contribution in [3.8, 4) is 0 Å². The number of likely N-dealkylation sites (tertiary alicyclic amines) is 1. The second kappa shape index (κ2) is 6.57. The SMILES string of the molecule is NC1=NN=C(N)C1=NNc1ccc(CN2CCCCC2)cc1. The maximum atomic E-state index is 5.64. The van der Waals surface area contributed by atoms with E-state index in [1.807, 2.05) is 12.1 Å². The average Bonchev–Trinajstić information content (AvgIpc) is 2.86. The van der Waals surface area contributed by atoms with Gasteiger partial charge in [-0.2, -0.15) is 5.10 Å². The van der Waals surface area contributed by atoms with Gasteiger partial charge in [0.2, 0.25) is 0 Å². The van der Waals surface area contributed by atoms with Crippen molar-refractivity contribution < 1.29 is 0 Å². The zero-order valence-corrected chi connectivity index (χ0v) is 12.5. The first-order chi connectivity index (χ1) is 10.7. The molecule has 3 rings (SSSR count). The van der Waals surface area contributed by atoms with E-state index in [-0.39, 0.29) is 11.7 Å². The van der Waals surface area contributed by atoms with E-state index in [0.29, 0.717) is 5.71 Å². The van der Waals surface area contributed by atoms with Crippen LogP contribution in [0.2, 0.25) is 0 Å². The van der Waals surface area contributed by atoms with E-state index in [2.05, 4.69) is 37.8 Å². The molecule has 116 valence electrons. The Morgan fingerprint density at radius 2 is 1.64 bits per heavy atom. The van der Waals surface area contributed by atoms with Crippen LogP contribution in [0, 0.1) is 0 Å². The standard InChI is InChI=1S/C15H21N7/c16-14-13(15(17)21-20-14)19-18-12-6-4-11(5-7-12)10-22-8-2-1-3-9-22/h4-7,18H,1-3,8-10H2,(H4,16,17,19,20,21). The predicted octanol–water partition coefficient (Wildman–Crippen LogP) is 1.08. The molecule has 0 spiro atoms. The predicted molar refractivity (Wildman–Crippen MR) is 89.9 cm³/mol. The van der Waals surface area contributed by atoms with Crippen molar-refractivity contribution >= 4 is 23.1 Å². The first kappa shape index (κ1) is 14.5. The highest BCUT2D eigenvalue weighted by Crippen LogP contribution is 2.15. The molecule has 0 saturated carbocycles. The highest BCUT2D eigenvalue weighted by atomic mass is 15.4. The van der Waals surface area contributed by atoms with E-state index >= 15 is 0 Å². The van der Waals surface area contributed by atoms with Crippen molar-refractivity contribution in [2.24, 2.45) is 26.8 Å². The Bertz CT molecular complexity index is 589. The summed E-state index contributed by atoms with van der Waals surface area (Å²) in [5, 5.41) is 11.5. The number of hydrogen-bond donors (Lipinski definition) is 3. The van der Waals surface area contributed by atoms with Gasteiger partial charge >= 0.3 is 0 Å². The number of nitrogens with zero attached hydrogens (tertiary/aromatic N) is 4. The summed E-state index contributed by atoms with van der Waals surface area (Å²) in [6.07, 6.45) is 3.98. The zero-order chi connectivity index (χ0) is 15.4. The molecular weight excluding hydrogens is 278 g/mol. The van der Waals surface area contributed by atoms with Crippen molar-refractivity contribution in [1.82, 2.24) is 4.90 Å². The number of anilines is 1. The lowest BCUT2D eigenvalue weighted by molar-refractivity contribution is 0.221. The minimum absolute atomic E-state index is 0.228. The minimum Gasteiger partial charge on any atom is -0.380 e. The van der Waals surface area contributed by atoms with E-state index in [4.69, 9.17) is 11.5 Å². The van der Waals surface area contributed by atoms with Crippen LogP contribution >= 0.6 is 0 Å². The summed E-state index contributed by atoms with van der Waals surface area (Å²) < 4.78 is 0. The fourth-order valence-electron chi connectivity index (χ4n) is 2.63. The van der Waals surface area contributed by atoms with E-state index in [0.717, 1.165) is 12.2 Å². The van der Waals surface area contributed by atoms with E-state index in [1.165, 1.54) is 37.9 Å². The van der Waals surface area contributed by atoms with Crippen LogP contribution in [0.3, 0.4) is 0 Å². The average molecular weight is 299 g/mol. The Morgan fingerprint density at radius 1 is 1.00 bits per heavy atom. The molecule has 7 nitrogen and oxygen atoms in total. The Hall–Kier alpha value is -2.41. The molecule has 22 heavy (non-hydrogen) atoms. The van der Waals surface area contributed by atoms with Crippen molar-refractivity contribution in [3.05, 3.63) is 29.8 Å². The largest absolute Gasteiger partial charge is 0.380 e. The zero-order valence-electron chi connectivity index (χ0n) is 12.5. The van der Waals surface area contributed by atoms with E-state index < -0.39 is 0 Å². The number of hydrazone groups is 1. The van der Waals surface area contributed by atoms with Crippen LogP contribution in [0.15, 0.2) is 39.6 Å². The van der Waals surface area contributed by atoms with E-state index in [9.17, 15) is 0 Å². The van der Waals surface area contributed by atoms with Crippen molar-refractivity contribution in [2.45, 2.75) is 25.8 Å². The fraction of sp³-hybridized carbons (Fsp3) is 0.400. The van der Waals surface area contributed by atoms with Crippen LogP contribution in [-0.2, 0) is 6.54 Å². The Kier molecular flexibility index (Phi) is 4.34. The number of rotatable bonds is 4. The number of nitrogens with two attached hydrogens (primary N) is 2. The van der Waals surface area contributed by atoms with Crippen LogP contribution in [0.5, 0.6) is 0 Å². The number of hydrogen-bond acceptors (Lipinski definition) is 7. The van der Waals surface area contributed by atoms with Gasteiger partial charge in [0.25, 0.3) is 0 Å². The maximum absolute atomic E-state index is 5.64. The van der Waals surface area contributed by atoms with Crippen LogP contribution in [-0.4, -0.2) is 35.4 Å². The first-order valence-electron chi connectivity index (χ1n) is 7.55. The second-order valence-electron chi connectivity index (χ2n) is 5.58. The van der Waals surface area contributed by atoms with Gasteiger partial charge in [0.1, 0.15) is 0 Å². The number of nitrogens with one attached hydrogen (secondary N) is 1. The van der Waals surface area contributed by atoms with Gasteiger partial charge in [0.15, 0.2) is 17.4 Å².